The highest BCUT2D eigenvalue weighted by Crippen LogP contribution is 1.95. The highest BCUT2D eigenvalue weighted by Gasteiger charge is 2.23. The van der Waals surface area contributed by atoms with Gasteiger partial charge in [0, 0.05) is 12.8 Å². The highest BCUT2D eigenvalue weighted by molar-refractivity contribution is 5.88. The molecule has 0 aliphatic heterocycles. The molecule has 1 amide bonds. The lowest BCUT2D eigenvalue weighted by Gasteiger charge is -2.14. The number of nitrogens with two attached hydrogens (primary N) is 1. The number of rotatable bonds is 15. The number of hydrogen-bond acceptors (Lipinski definition) is 11. The van der Waals surface area contributed by atoms with Crippen molar-refractivity contribution in [2.24, 2.45) is 5.73 Å². The minimum absolute atomic E-state index is 0.116. The summed E-state index contributed by atoms with van der Waals surface area (Å²) in [5.41, 5.74) is 4.90. The van der Waals surface area contributed by atoms with E-state index >= 15 is 0 Å². The molecule has 0 fully saturated rings. The molecule has 0 saturated heterocycles. The molecule has 0 bridgehead atoms. The average Bonchev–Trinajstić information content (AvgIpc) is 2.75. The number of nitrogens with one attached hydrogen (secondary N) is 3. The summed E-state index contributed by atoms with van der Waals surface area (Å²) in [7, 11) is 2.77. The van der Waals surface area contributed by atoms with Crippen molar-refractivity contribution >= 4 is 48.3 Å². The van der Waals surface area contributed by atoms with E-state index < -0.39 is 72.8 Å². The molecule has 0 radical (unpaired) electrons. The second-order valence-electron chi connectivity index (χ2n) is 6.37. The number of aliphatic carboxylic acids is 5. The standard InChI is InChI=1S/C9H14N2O6.C5H9NO4.C4H7NO3/c1-10-6(9(16)17)4-7(13)11-5(2-3-12)8(14)15;1-6-3(5(9)10)2-4(7)8;5-3(1-2-6)4(7)8/h3,5-6,10H,2,4H2,1H3,(H,11,13)(H,14,15)(H,16,17);3,6H,2H2,1H3,(H,7,8)(H,9,10);2-3H,1,5H2,(H,7,8). The maximum atomic E-state index is 11.3. The maximum Gasteiger partial charge on any atom is 0.326 e. The first-order valence-electron chi connectivity index (χ1n) is 9.57. The summed E-state index contributed by atoms with van der Waals surface area (Å²) in [4.78, 5) is 82.2. The molecule has 0 aromatic carbocycles. The van der Waals surface area contributed by atoms with Gasteiger partial charge in [0.05, 0.1) is 12.8 Å². The second-order valence-corrected chi connectivity index (χ2v) is 6.37. The summed E-state index contributed by atoms with van der Waals surface area (Å²) in [6.45, 7) is 0. The van der Waals surface area contributed by atoms with E-state index in [4.69, 9.17) is 31.3 Å². The first kappa shape index (κ1) is 35.6. The van der Waals surface area contributed by atoms with E-state index in [9.17, 15) is 38.4 Å². The summed E-state index contributed by atoms with van der Waals surface area (Å²) in [6, 6.07) is -4.45. The number of carboxylic acids is 5. The van der Waals surface area contributed by atoms with Gasteiger partial charge in [0.25, 0.3) is 0 Å². The molecular formula is C18H30N4O13. The van der Waals surface area contributed by atoms with Crippen LogP contribution in [0.25, 0.3) is 0 Å². The third kappa shape index (κ3) is 20.4. The third-order valence-electron chi connectivity index (χ3n) is 3.69. The van der Waals surface area contributed by atoms with Crippen LogP contribution in [0.5, 0.6) is 0 Å². The van der Waals surface area contributed by atoms with E-state index in [1.54, 1.807) is 0 Å². The molecule has 0 aliphatic carbocycles. The molecule has 0 rings (SSSR count). The predicted molar refractivity (Wildman–Crippen MR) is 114 cm³/mol. The van der Waals surface area contributed by atoms with Crippen LogP contribution in [0.4, 0.5) is 0 Å². The zero-order valence-electron chi connectivity index (χ0n) is 18.9. The number of hydrogen-bond donors (Lipinski definition) is 9. The van der Waals surface area contributed by atoms with E-state index in [0.717, 1.165) is 0 Å². The monoisotopic (exact) mass is 510 g/mol. The molecule has 4 atom stereocenters. The molecule has 0 spiro atoms. The molecule has 200 valence electrons. The van der Waals surface area contributed by atoms with Gasteiger partial charge < -0.3 is 56.8 Å². The van der Waals surface area contributed by atoms with Crippen LogP contribution in [0.1, 0.15) is 25.7 Å². The van der Waals surface area contributed by atoms with Crippen LogP contribution in [0.15, 0.2) is 0 Å². The average molecular weight is 510 g/mol. The van der Waals surface area contributed by atoms with Gasteiger partial charge in [-0.3, -0.25) is 24.0 Å². The molecule has 17 nitrogen and oxygen atoms in total. The summed E-state index contributed by atoms with van der Waals surface area (Å²) < 4.78 is 0. The van der Waals surface area contributed by atoms with Gasteiger partial charge in [0.15, 0.2) is 0 Å². The Bertz CT molecular complexity index is 744. The van der Waals surface area contributed by atoms with Crippen molar-refractivity contribution < 1.29 is 63.9 Å². The summed E-state index contributed by atoms with van der Waals surface area (Å²) in [5.74, 6) is -6.73. The largest absolute Gasteiger partial charge is 0.481 e. The number of carboxylic acid groups (broad SMARTS) is 5. The first-order valence-corrected chi connectivity index (χ1v) is 9.57. The number of carbonyl (C=O) groups excluding carboxylic acids is 3. The van der Waals surface area contributed by atoms with Crippen LogP contribution < -0.4 is 21.7 Å². The van der Waals surface area contributed by atoms with Gasteiger partial charge in [-0.15, -0.1) is 0 Å². The Morgan fingerprint density at radius 3 is 1.31 bits per heavy atom. The van der Waals surface area contributed by atoms with Crippen molar-refractivity contribution in [1.29, 1.82) is 0 Å². The fraction of sp³-hybridized carbons (Fsp3) is 0.556. The van der Waals surface area contributed by atoms with E-state index in [0.29, 0.717) is 12.6 Å². The molecule has 0 heterocycles. The van der Waals surface area contributed by atoms with Crippen LogP contribution >= 0.6 is 0 Å². The van der Waals surface area contributed by atoms with Crippen molar-refractivity contribution in [3.8, 4) is 0 Å². The van der Waals surface area contributed by atoms with E-state index in [1.807, 2.05) is 0 Å². The quantitative estimate of drug-likeness (QED) is 0.0958. The smallest absolute Gasteiger partial charge is 0.326 e. The number of likely N-dealkylation sites (N-methyl/N-ethyl adjacent to an activating group) is 2. The Kier molecular flexibility index (Phi) is 21.0. The van der Waals surface area contributed by atoms with Gasteiger partial charge in [-0.1, -0.05) is 0 Å². The van der Waals surface area contributed by atoms with Crippen molar-refractivity contribution in [2.45, 2.75) is 49.9 Å². The molecule has 0 saturated carbocycles. The lowest BCUT2D eigenvalue weighted by atomic mass is 10.1. The zero-order valence-corrected chi connectivity index (χ0v) is 18.9. The Morgan fingerprint density at radius 2 is 1.09 bits per heavy atom. The summed E-state index contributed by atoms with van der Waals surface area (Å²) in [5, 5.41) is 48.6. The van der Waals surface area contributed by atoms with Gasteiger partial charge in [-0.25, -0.2) is 4.79 Å². The van der Waals surface area contributed by atoms with E-state index in [-0.39, 0.29) is 12.8 Å². The molecule has 35 heavy (non-hydrogen) atoms. The van der Waals surface area contributed by atoms with E-state index in [2.05, 4.69) is 16.0 Å². The summed E-state index contributed by atoms with van der Waals surface area (Å²) in [6.07, 6.45) is -0.432. The normalized spacial score (nSPS) is 13.0. The molecule has 0 aromatic heterocycles. The van der Waals surface area contributed by atoms with E-state index in [1.165, 1.54) is 14.1 Å². The Hall–Kier alpha value is -3.96. The number of carbonyl (C=O) groups is 8. The van der Waals surface area contributed by atoms with Crippen LogP contribution in [-0.2, 0) is 38.4 Å². The van der Waals surface area contributed by atoms with Crippen molar-refractivity contribution in [3.05, 3.63) is 0 Å². The van der Waals surface area contributed by atoms with Crippen LogP contribution in [0, 0.1) is 0 Å². The Balaban J connectivity index is -0.000000483. The minimum atomic E-state index is -1.35. The Morgan fingerprint density at radius 1 is 0.686 bits per heavy atom. The van der Waals surface area contributed by atoms with Gasteiger partial charge in [-0.05, 0) is 14.1 Å². The van der Waals surface area contributed by atoms with Crippen molar-refractivity contribution in [3.63, 3.8) is 0 Å². The molecule has 4 unspecified atom stereocenters. The lowest BCUT2D eigenvalue weighted by Crippen LogP contribution is -2.45. The zero-order chi connectivity index (χ0) is 28.1. The predicted octanol–water partition coefficient (Wildman–Crippen LogP) is -3.67. The second kappa shape index (κ2) is 20.6. The maximum absolute atomic E-state index is 11.3. The third-order valence-corrected chi connectivity index (χ3v) is 3.69. The Labute approximate surface area is 198 Å². The molecular weight excluding hydrogens is 480 g/mol. The lowest BCUT2D eigenvalue weighted by molar-refractivity contribution is -0.145. The molecule has 0 aliphatic rings. The van der Waals surface area contributed by atoms with Gasteiger partial charge in [0.1, 0.15) is 36.7 Å². The summed E-state index contributed by atoms with van der Waals surface area (Å²) >= 11 is 0. The molecule has 0 aromatic rings. The molecule has 17 heteroatoms. The fourth-order valence-electron chi connectivity index (χ4n) is 1.76. The number of aldehydes is 2. The minimum Gasteiger partial charge on any atom is -0.481 e. The van der Waals surface area contributed by atoms with Crippen molar-refractivity contribution in [1.82, 2.24) is 16.0 Å². The molecule has 10 N–H and O–H groups in total. The first-order chi connectivity index (χ1) is 16.2. The van der Waals surface area contributed by atoms with Crippen molar-refractivity contribution in [2.75, 3.05) is 14.1 Å². The SMILES string of the molecule is CNC(CC(=O)NC(CC=O)C(=O)O)C(=O)O.CNC(CC(=O)O)C(=O)O.NC(CC=O)C(=O)O. The number of amides is 1. The van der Waals surface area contributed by atoms with Crippen LogP contribution in [-0.4, -0.2) is 112 Å². The topological polar surface area (TPSA) is 300 Å². The van der Waals surface area contributed by atoms with Crippen LogP contribution in [0.3, 0.4) is 0 Å². The highest BCUT2D eigenvalue weighted by atomic mass is 16.4. The van der Waals surface area contributed by atoms with Gasteiger partial charge in [-0.2, -0.15) is 0 Å². The van der Waals surface area contributed by atoms with Gasteiger partial charge >= 0.3 is 29.8 Å². The fourth-order valence-corrected chi connectivity index (χ4v) is 1.76. The van der Waals surface area contributed by atoms with Crippen LogP contribution in [0.2, 0.25) is 0 Å². The van der Waals surface area contributed by atoms with Gasteiger partial charge in [0.2, 0.25) is 5.91 Å².